The van der Waals surface area contributed by atoms with Crippen molar-refractivity contribution in [2.75, 3.05) is 49.0 Å². The Kier molecular flexibility index (Phi) is 12.6. The maximum Gasteiger partial charge on any atom is 0.264 e. The van der Waals surface area contributed by atoms with Crippen molar-refractivity contribution in [3.8, 4) is 29.7 Å². The second-order valence-electron chi connectivity index (χ2n) is 11.9. The molecule has 0 aliphatic rings. The summed E-state index contributed by atoms with van der Waals surface area (Å²) in [7, 11) is -10.3. The zero-order chi connectivity index (χ0) is 40.5. The molecule has 0 saturated heterocycles. The van der Waals surface area contributed by atoms with E-state index in [1.807, 2.05) is 18.2 Å². The van der Waals surface area contributed by atoms with Gasteiger partial charge in [0.05, 0.1) is 75.2 Å². The van der Waals surface area contributed by atoms with Crippen LogP contribution in [0.25, 0.3) is 0 Å². The predicted molar refractivity (Wildman–Crippen MR) is 207 cm³/mol. The van der Waals surface area contributed by atoms with Gasteiger partial charge >= 0.3 is 0 Å². The lowest BCUT2D eigenvalue weighted by Crippen LogP contribution is -2.45. The highest BCUT2D eigenvalue weighted by Gasteiger charge is 2.32. The minimum atomic E-state index is -4.48. The lowest BCUT2D eigenvalue weighted by Gasteiger charge is -2.31. The van der Waals surface area contributed by atoms with Crippen LogP contribution in [0.2, 0.25) is 0 Å². The van der Waals surface area contributed by atoms with Crippen molar-refractivity contribution in [2.45, 2.75) is 14.7 Å². The zero-order valence-electron chi connectivity index (χ0n) is 30.0. The molecule has 56 heavy (non-hydrogen) atoms. The smallest absolute Gasteiger partial charge is 0.264 e. The number of sulfonamides is 3. The van der Waals surface area contributed by atoms with Crippen LogP contribution in [0.1, 0.15) is 16.7 Å². The van der Waals surface area contributed by atoms with E-state index in [1.165, 1.54) is 136 Å². The van der Waals surface area contributed by atoms with Crippen LogP contribution in [0, 0.1) is 34.0 Å². The summed E-state index contributed by atoms with van der Waals surface area (Å²) >= 11 is 0. The van der Waals surface area contributed by atoms with Gasteiger partial charge in [0, 0.05) is 26.2 Å². The Balaban J connectivity index is 1.58. The highest BCUT2D eigenvalue weighted by Crippen LogP contribution is 2.29. The van der Waals surface area contributed by atoms with Gasteiger partial charge in [-0.25, -0.2) is 25.3 Å². The Labute approximate surface area is 326 Å². The molecule has 0 N–H and O–H groups in total. The number of nitriles is 3. The Bertz CT molecular complexity index is 2480. The summed E-state index contributed by atoms with van der Waals surface area (Å²) in [4.78, 5) is -0.467. The maximum absolute atomic E-state index is 14.4. The fourth-order valence-electron chi connectivity index (χ4n) is 5.54. The van der Waals surface area contributed by atoms with Crippen molar-refractivity contribution in [1.82, 2.24) is 4.31 Å². The average Bonchev–Trinajstić information content (AvgIpc) is 3.23. The van der Waals surface area contributed by atoms with Gasteiger partial charge in [-0.15, -0.1) is 0 Å². The van der Waals surface area contributed by atoms with Crippen molar-refractivity contribution >= 4 is 41.4 Å². The van der Waals surface area contributed by atoms with Gasteiger partial charge in [0.2, 0.25) is 10.0 Å². The van der Waals surface area contributed by atoms with Crippen molar-refractivity contribution in [3.63, 3.8) is 0 Å². The first-order valence-electron chi connectivity index (χ1n) is 16.6. The van der Waals surface area contributed by atoms with Crippen LogP contribution in [-0.2, 0) is 30.1 Å². The van der Waals surface area contributed by atoms with Crippen LogP contribution in [-0.4, -0.2) is 70.0 Å². The molecule has 0 atom stereocenters. The summed E-state index contributed by atoms with van der Waals surface area (Å²) in [6.45, 7) is -1.83. The molecule has 0 bridgehead atoms. The summed E-state index contributed by atoms with van der Waals surface area (Å²) in [6.07, 6.45) is 0. The first-order chi connectivity index (χ1) is 26.8. The Morgan fingerprint density at radius 1 is 0.429 bits per heavy atom. The molecule has 286 valence electrons. The minimum Gasteiger partial charge on any atom is -0.497 e. The molecule has 0 heterocycles. The zero-order valence-corrected chi connectivity index (χ0v) is 32.5. The standard InChI is InChI=1S/C39H34N6O8S3/c1-52-35-13-19-38(20-14-35)55(48,49)44(33-9-3-30(27-40)4-10-33)25-23-43(54(46,47)37-17-7-32(29-42)8-18-37)24-26-45(34-11-5-31(28-41)6-12-34)56(50,51)39-21-15-36(53-2)16-22-39/h3-22H,23-26H2,1-2H3. The molecule has 0 aliphatic carbocycles. The van der Waals surface area contributed by atoms with Crippen molar-refractivity contribution in [1.29, 1.82) is 15.8 Å². The van der Waals surface area contributed by atoms with E-state index in [0.29, 0.717) is 11.5 Å². The molecule has 0 amide bonds. The summed E-state index contributed by atoms with van der Waals surface area (Å²) < 4.78 is 99.0. The van der Waals surface area contributed by atoms with Crippen LogP contribution in [0.15, 0.2) is 136 Å². The van der Waals surface area contributed by atoms with E-state index in [1.54, 1.807) is 0 Å². The minimum absolute atomic E-state index is 0.123. The van der Waals surface area contributed by atoms with Crippen LogP contribution in [0.3, 0.4) is 0 Å². The molecule has 5 aromatic carbocycles. The molecule has 17 heteroatoms. The van der Waals surface area contributed by atoms with Gasteiger partial charge in [-0.3, -0.25) is 8.61 Å². The van der Waals surface area contributed by atoms with Crippen molar-refractivity contribution < 1.29 is 34.7 Å². The largest absolute Gasteiger partial charge is 0.497 e. The molecule has 0 aromatic heterocycles. The van der Waals surface area contributed by atoms with E-state index in [-0.39, 0.29) is 42.8 Å². The third kappa shape index (κ3) is 8.92. The summed E-state index contributed by atoms with van der Waals surface area (Å²) in [5.41, 5.74) is 1.00. The van der Waals surface area contributed by atoms with E-state index < -0.39 is 56.2 Å². The summed E-state index contributed by atoms with van der Waals surface area (Å²) in [5, 5.41) is 28.1. The van der Waals surface area contributed by atoms with E-state index >= 15 is 0 Å². The fraction of sp³-hybridized carbons (Fsp3) is 0.154. The number of rotatable bonds is 16. The summed E-state index contributed by atoms with van der Waals surface area (Å²) in [5.74, 6) is 0.815. The second-order valence-corrected chi connectivity index (χ2v) is 17.5. The maximum atomic E-state index is 14.4. The Hall–Kier alpha value is -6.42. The van der Waals surface area contributed by atoms with Gasteiger partial charge in [-0.1, -0.05) is 0 Å². The van der Waals surface area contributed by atoms with Gasteiger partial charge in [-0.05, 0) is 121 Å². The van der Waals surface area contributed by atoms with Gasteiger partial charge in [0.25, 0.3) is 20.0 Å². The SMILES string of the molecule is COc1ccc(S(=O)(=O)N(CCN(CCN(c2ccc(C#N)cc2)S(=O)(=O)c2ccc(OC)cc2)S(=O)(=O)c2ccc(C#N)cc2)c2ccc(C#N)cc2)cc1. The Morgan fingerprint density at radius 3 is 1.02 bits per heavy atom. The van der Waals surface area contributed by atoms with E-state index in [2.05, 4.69) is 0 Å². The number of ether oxygens (including phenoxy) is 2. The second kappa shape index (κ2) is 17.4. The first-order valence-corrected chi connectivity index (χ1v) is 20.9. The number of anilines is 2. The average molecular weight is 811 g/mol. The van der Waals surface area contributed by atoms with Crippen LogP contribution >= 0.6 is 0 Å². The molecule has 0 aliphatic heterocycles. The lowest BCUT2D eigenvalue weighted by atomic mass is 10.2. The van der Waals surface area contributed by atoms with Gasteiger partial charge in [0.15, 0.2) is 0 Å². The molecule has 0 radical (unpaired) electrons. The van der Waals surface area contributed by atoms with Gasteiger partial charge in [0.1, 0.15) is 11.5 Å². The molecule has 0 saturated carbocycles. The third-order valence-corrected chi connectivity index (χ3v) is 14.2. The van der Waals surface area contributed by atoms with E-state index in [9.17, 15) is 41.0 Å². The van der Waals surface area contributed by atoms with Gasteiger partial charge < -0.3 is 9.47 Å². The summed E-state index contributed by atoms with van der Waals surface area (Å²) in [6, 6.07) is 33.6. The van der Waals surface area contributed by atoms with E-state index in [0.717, 1.165) is 12.9 Å². The number of methoxy groups -OCH3 is 2. The molecule has 0 spiro atoms. The molecule has 14 nitrogen and oxygen atoms in total. The lowest BCUT2D eigenvalue weighted by molar-refractivity contribution is 0.414. The molecule has 5 aromatic rings. The fourth-order valence-corrected chi connectivity index (χ4v) is 9.87. The number of hydrogen-bond donors (Lipinski definition) is 0. The topological polar surface area (TPSA) is 202 Å². The molecule has 0 fully saturated rings. The molecular weight excluding hydrogens is 777 g/mol. The number of hydrogen-bond acceptors (Lipinski definition) is 11. The number of benzene rings is 5. The number of nitrogens with zero attached hydrogens (tertiary/aromatic N) is 6. The highest BCUT2D eigenvalue weighted by molar-refractivity contribution is 7.93. The van der Waals surface area contributed by atoms with Crippen molar-refractivity contribution in [3.05, 3.63) is 138 Å². The monoisotopic (exact) mass is 810 g/mol. The molecular formula is C39H34N6O8S3. The van der Waals surface area contributed by atoms with Crippen LogP contribution in [0.4, 0.5) is 11.4 Å². The third-order valence-electron chi connectivity index (χ3n) is 8.59. The van der Waals surface area contributed by atoms with Crippen molar-refractivity contribution in [2.24, 2.45) is 0 Å². The predicted octanol–water partition coefficient (Wildman–Crippen LogP) is 5.10. The molecule has 0 unspecified atom stereocenters. The van der Waals surface area contributed by atoms with Gasteiger partial charge in [-0.2, -0.15) is 20.1 Å². The quantitative estimate of drug-likeness (QED) is 0.128. The van der Waals surface area contributed by atoms with Crippen LogP contribution in [0.5, 0.6) is 11.5 Å². The van der Waals surface area contributed by atoms with E-state index in [4.69, 9.17) is 9.47 Å². The highest BCUT2D eigenvalue weighted by atomic mass is 32.2. The first kappa shape index (κ1) is 40.8. The normalized spacial score (nSPS) is 11.5. The van der Waals surface area contributed by atoms with Crippen LogP contribution < -0.4 is 18.1 Å². The molecule has 5 rings (SSSR count). The Morgan fingerprint density at radius 2 is 0.714 bits per heavy atom.